The van der Waals surface area contributed by atoms with Crippen LogP contribution in [-0.2, 0) is 40.8 Å². The van der Waals surface area contributed by atoms with Crippen LogP contribution >= 0.6 is 0 Å². The molecular formula is C36H30Cl2Pd2-8. The monoisotopic (exact) mass is 744 g/mol. The average Bonchev–Trinajstić information content (AvgIpc) is 3.04. The van der Waals surface area contributed by atoms with E-state index in [4.69, 9.17) is 0 Å². The van der Waals surface area contributed by atoms with Gasteiger partial charge in [-0.15, -0.1) is 0 Å². The quantitative estimate of drug-likeness (QED) is 0.166. The summed E-state index contributed by atoms with van der Waals surface area (Å²) in [4.78, 5) is 0. The van der Waals surface area contributed by atoms with E-state index in [0.717, 1.165) is 0 Å². The smallest absolute Gasteiger partial charge is 0 e. The predicted molar refractivity (Wildman–Crippen MR) is 152 cm³/mol. The molecule has 0 aromatic heterocycles. The fourth-order valence-electron chi connectivity index (χ4n) is 2.05. The van der Waals surface area contributed by atoms with Crippen LogP contribution in [-0.4, -0.2) is 0 Å². The zero-order chi connectivity index (χ0) is 25.5. The zero-order valence-corrected chi connectivity index (χ0v) is 26.3. The minimum atomic E-state index is 0. The summed E-state index contributed by atoms with van der Waals surface area (Å²) in [7, 11) is 0. The van der Waals surface area contributed by atoms with E-state index in [1.807, 2.05) is 182 Å². The van der Waals surface area contributed by atoms with Gasteiger partial charge in [-0.1, -0.05) is 0 Å². The number of hydrogen-bond acceptors (Lipinski definition) is 0. The van der Waals surface area contributed by atoms with Crippen LogP contribution in [0.2, 0.25) is 0 Å². The van der Waals surface area contributed by atoms with Crippen LogP contribution in [0.5, 0.6) is 0 Å². The molecule has 6 aromatic carbocycles. The second kappa shape index (κ2) is 40.7. The van der Waals surface area contributed by atoms with Crippen LogP contribution in [0.15, 0.2) is 182 Å². The fraction of sp³-hybridized carbons (Fsp3) is 0. The van der Waals surface area contributed by atoms with Crippen LogP contribution < -0.4 is 24.8 Å². The van der Waals surface area contributed by atoms with Gasteiger partial charge in [-0.3, -0.25) is 0 Å². The standard InChI is InChI=1S/6C6H5.2ClH.2Pd/c6*1-2-4-6-5-3-1;;;;/h6*1-5H;2*1H;;/q6*-1;;;;/p-2. The molecule has 0 aliphatic carbocycles. The Morgan fingerprint density at radius 3 is 0.300 bits per heavy atom. The normalized spacial score (nSPS) is 7.20. The molecule has 0 bridgehead atoms. The van der Waals surface area contributed by atoms with Gasteiger partial charge in [0.1, 0.15) is 0 Å². The Morgan fingerprint density at radius 1 is 0.175 bits per heavy atom. The van der Waals surface area contributed by atoms with Crippen molar-refractivity contribution in [3.63, 3.8) is 0 Å². The van der Waals surface area contributed by atoms with Crippen LogP contribution in [0.3, 0.4) is 0 Å². The summed E-state index contributed by atoms with van der Waals surface area (Å²) >= 11 is 0. The Labute approximate surface area is 282 Å². The molecule has 0 saturated heterocycles. The summed E-state index contributed by atoms with van der Waals surface area (Å²) in [5.41, 5.74) is 0. The van der Waals surface area contributed by atoms with E-state index >= 15 is 0 Å². The second-order valence-corrected chi connectivity index (χ2v) is 6.46. The van der Waals surface area contributed by atoms with Gasteiger partial charge >= 0.3 is 0 Å². The van der Waals surface area contributed by atoms with Crippen LogP contribution in [0, 0.1) is 36.4 Å². The van der Waals surface area contributed by atoms with Crippen molar-refractivity contribution in [2.24, 2.45) is 0 Å². The molecule has 0 unspecified atom stereocenters. The van der Waals surface area contributed by atoms with E-state index in [9.17, 15) is 0 Å². The summed E-state index contributed by atoms with van der Waals surface area (Å²) in [6.07, 6.45) is 0. The molecule has 0 amide bonds. The summed E-state index contributed by atoms with van der Waals surface area (Å²) < 4.78 is 0. The maximum Gasteiger partial charge on any atom is 0 e. The Bertz CT molecular complexity index is 699. The third kappa shape index (κ3) is 37.4. The van der Waals surface area contributed by atoms with Crippen molar-refractivity contribution in [2.45, 2.75) is 0 Å². The Kier molecular flexibility index (Phi) is 45.0. The van der Waals surface area contributed by atoms with Crippen molar-refractivity contribution in [1.82, 2.24) is 0 Å². The van der Waals surface area contributed by atoms with Gasteiger partial charge < -0.3 is 24.8 Å². The third-order valence-corrected chi connectivity index (χ3v) is 3.64. The second-order valence-electron chi connectivity index (χ2n) is 6.46. The molecule has 0 spiro atoms. The minimum Gasteiger partial charge on any atom is -1.00 e. The van der Waals surface area contributed by atoms with Crippen molar-refractivity contribution in [1.29, 1.82) is 0 Å². The molecule has 0 atom stereocenters. The molecule has 0 fully saturated rings. The first-order valence-electron chi connectivity index (χ1n) is 11.5. The molecule has 0 nitrogen and oxygen atoms in total. The summed E-state index contributed by atoms with van der Waals surface area (Å²) in [5.74, 6) is 0. The summed E-state index contributed by atoms with van der Waals surface area (Å²) in [5, 5.41) is 0. The molecule has 0 heterocycles. The molecule has 0 aliphatic heterocycles. The van der Waals surface area contributed by atoms with E-state index < -0.39 is 0 Å². The van der Waals surface area contributed by atoms with Crippen molar-refractivity contribution >= 4 is 0 Å². The molecule has 216 valence electrons. The van der Waals surface area contributed by atoms with Gasteiger partial charge in [-0.05, 0) is 0 Å². The van der Waals surface area contributed by atoms with E-state index in [1.54, 1.807) is 0 Å². The minimum absolute atomic E-state index is 0. The Hall–Kier alpha value is -2.78. The van der Waals surface area contributed by atoms with E-state index in [0.29, 0.717) is 0 Å². The molecule has 0 aliphatic rings. The van der Waals surface area contributed by atoms with E-state index in [1.165, 1.54) is 0 Å². The topological polar surface area (TPSA) is 0 Å². The predicted octanol–water partition coefficient (Wildman–Crippen LogP) is 2.92. The van der Waals surface area contributed by atoms with Crippen molar-refractivity contribution < 1.29 is 65.7 Å². The maximum atomic E-state index is 2.89. The average molecular weight is 746 g/mol. The molecule has 0 radical (unpaired) electrons. The molecule has 0 saturated carbocycles. The molecule has 6 rings (SSSR count). The van der Waals surface area contributed by atoms with Crippen molar-refractivity contribution in [3.8, 4) is 0 Å². The first kappa shape index (κ1) is 44.3. The van der Waals surface area contributed by atoms with Crippen molar-refractivity contribution in [2.75, 3.05) is 0 Å². The van der Waals surface area contributed by atoms with Crippen molar-refractivity contribution in [3.05, 3.63) is 218 Å². The summed E-state index contributed by atoms with van der Waals surface area (Å²) in [6.45, 7) is 0. The number of rotatable bonds is 0. The molecule has 0 N–H and O–H groups in total. The third-order valence-electron chi connectivity index (χ3n) is 3.64. The van der Waals surface area contributed by atoms with Gasteiger partial charge in [0.15, 0.2) is 0 Å². The largest absolute Gasteiger partial charge is 1.00 e. The number of benzene rings is 6. The molecule has 4 heteroatoms. The van der Waals surface area contributed by atoms with Gasteiger partial charge in [0.2, 0.25) is 0 Å². The van der Waals surface area contributed by atoms with Crippen LogP contribution in [0.1, 0.15) is 0 Å². The zero-order valence-electron chi connectivity index (χ0n) is 21.7. The van der Waals surface area contributed by atoms with Crippen LogP contribution in [0.25, 0.3) is 0 Å². The van der Waals surface area contributed by atoms with Gasteiger partial charge in [0.25, 0.3) is 0 Å². The number of halogens is 2. The molecular weight excluding hydrogens is 716 g/mol. The Balaban J connectivity index is -0.000000191. The van der Waals surface area contributed by atoms with Gasteiger partial charge in [-0.25, -0.2) is 0 Å². The molecule has 40 heavy (non-hydrogen) atoms. The first-order chi connectivity index (χ1) is 18.0. The van der Waals surface area contributed by atoms with E-state index in [2.05, 4.69) is 36.4 Å². The van der Waals surface area contributed by atoms with Gasteiger partial charge in [0.05, 0.1) is 0 Å². The SMILES string of the molecule is [Cl-].[Cl-].[Pd].[Pd].[c-]1ccccc1.[c-]1ccccc1.[c-]1ccccc1.[c-]1ccccc1.[c-]1ccccc1.[c-]1ccccc1. The van der Waals surface area contributed by atoms with E-state index in [-0.39, 0.29) is 65.7 Å². The van der Waals surface area contributed by atoms with Gasteiger partial charge in [0, 0.05) is 40.8 Å². The maximum absolute atomic E-state index is 2.89. The summed E-state index contributed by atoms with van der Waals surface area (Å²) in [6, 6.07) is 75.0. The Morgan fingerprint density at radius 2 is 0.275 bits per heavy atom. The fourth-order valence-corrected chi connectivity index (χ4v) is 2.05. The first-order valence-corrected chi connectivity index (χ1v) is 11.5. The molecule has 6 aromatic rings. The number of hydrogen-bond donors (Lipinski definition) is 0. The van der Waals surface area contributed by atoms with Gasteiger partial charge in [-0.2, -0.15) is 218 Å². The van der Waals surface area contributed by atoms with Crippen LogP contribution in [0.4, 0.5) is 0 Å².